The quantitative estimate of drug-likeness (QED) is 0.889. The third-order valence-corrected chi connectivity index (χ3v) is 2.35. The molecule has 1 rings (SSSR count). The van der Waals surface area contributed by atoms with E-state index in [2.05, 4.69) is 9.97 Å². The molecule has 2 N–H and O–H groups in total. The highest BCUT2D eigenvalue weighted by Crippen LogP contribution is 2.30. The van der Waals surface area contributed by atoms with Gasteiger partial charge in [-0.2, -0.15) is 13.2 Å². The van der Waals surface area contributed by atoms with Gasteiger partial charge in [-0.05, 0) is 12.3 Å². The molecule has 1 aromatic heterocycles. The molecule has 0 fully saturated rings. The number of hydrogen-bond acceptors (Lipinski definition) is 3. The minimum atomic E-state index is -4.47. The lowest BCUT2D eigenvalue weighted by atomic mass is 10.1. The lowest BCUT2D eigenvalue weighted by molar-refractivity contribution is -0.142. The summed E-state index contributed by atoms with van der Waals surface area (Å²) in [6.07, 6.45) is -2.08. The zero-order chi connectivity index (χ0) is 13.1. The van der Waals surface area contributed by atoms with E-state index in [1.54, 1.807) is 0 Å². The average molecular weight is 247 g/mol. The van der Waals surface area contributed by atoms with Gasteiger partial charge in [0, 0.05) is 24.7 Å². The van der Waals surface area contributed by atoms with Crippen molar-refractivity contribution in [3.8, 4) is 0 Å². The van der Waals surface area contributed by atoms with Crippen LogP contribution in [-0.2, 0) is 19.1 Å². The highest BCUT2D eigenvalue weighted by atomic mass is 19.4. The van der Waals surface area contributed by atoms with Gasteiger partial charge in [-0.1, -0.05) is 13.8 Å². The maximum Gasteiger partial charge on any atom is 0.433 e. The van der Waals surface area contributed by atoms with Gasteiger partial charge in [-0.25, -0.2) is 9.97 Å². The summed E-state index contributed by atoms with van der Waals surface area (Å²) in [6, 6.07) is 0. The Hall–Kier alpha value is -1.17. The van der Waals surface area contributed by atoms with Crippen LogP contribution < -0.4 is 5.73 Å². The molecule has 0 atom stereocenters. The number of nitrogens with zero attached hydrogens (tertiary/aromatic N) is 2. The van der Waals surface area contributed by atoms with Gasteiger partial charge in [0.05, 0.1) is 0 Å². The second-order valence-electron chi connectivity index (χ2n) is 4.29. The first-order chi connectivity index (χ1) is 7.84. The highest BCUT2D eigenvalue weighted by molar-refractivity contribution is 5.20. The Balaban J connectivity index is 2.97. The minimum Gasteiger partial charge on any atom is -0.326 e. The SMILES string of the molecule is CC(C)CCc1ncc(CN)c(C(F)(F)F)n1. The van der Waals surface area contributed by atoms with Crippen LogP contribution in [0.3, 0.4) is 0 Å². The van der Waals surface area contributed by atoms with Crippen molar-refractivity contribution in [2.24, 2.45) is 11.7 Å². The summed E-state index contributed by atoms with van der Waals surface area (Å²) in [4.78, 5) is 7.48. The molecule has 0 aliphatic carbocycles. The van der Waals surface area contributed by atoms with Crippen molar-refractivity contribution in [2.45, 2.75) is 39.4 Å². The molecule has 0 aliphatic rings. The predicted molar refractivity (Wildman–Crippen MR) is 58.1 cm³/mol. The molecule has 1 heterocycles. The second-order valence-corrected chi connectivity index (χ2v) is 4.29. The molecular formula is C11H16F3N3. The van der Waals surface area contributed by atoms with E-state index in [9.17, 15) is 13.2 Å². The van der Waals surface area contributed by atoms with Gasteiger partial charge in [-0.3, -0.25) is 0 Å². The number of rotatable bonds is 4. The van der Waals surface area contributed by atoms with Crippen molar-refractivity contribution in [2.75, 3.05) is 0 Å². The predicted octanol–water partition coefficient (Wildman–Crippen LogP) is 2.54. The van der Waals surface area contributed by atoms with Crippen LogP contribution in [0.2, 0.25) is 0 Å². The average Bonchev–Trinajstić information content (AvgIpc) is 2.24. The largest absolute Gasteiger partial charge is 0.433 e. The minimum absolute atomic E-state index is 0.0641. The Bertz CT molecular complexity index is 375. The summed E-state index contributed by atoms with van der Waals surface area (Å²) < 4.78 is 38.0. The summed E-state index contributed by atoms with van der Waals surface area (Å²) in [5, 5.41) is 0. The number of aryl methyl sites for hydroxylation is 1. The fourth-order valence-electron chi connectivity index (χ4n) is 1.38. The molecule has 96 valence electrons. The van der Waals surface area contributed by atoms with Crippen LogP contribution in [0, 0.1) is 5.92 Å². The summed E-state index contributed by atoms with van der Waals surface area (Å²) in [6.45, 7) is 3.79. The molecule has 0 bridgehead atoms. The third-order valence-electron chi connectivity index (χ3n) is 2.35. The van der Waals surface area contributed by atoms with Gasteiger partial charge >= 0.3 is 6.18 Å². The number of halogens is 3. The number of aromatic nitrogens is 2. The zero-order valence-corrected chi connectivity index (χ0v) is 9.88. The summed E-state index contributed by atoms with van der Waals surface area (Å²) >= 11 is 0. The number of alkyl halides is 3. The zero-order valence-electron chi connectivity index (χ0n) is 9.88. The lowest BCUT2D eigenvalue weighted by Crippen LogP contribution is -2.17. The standard InChI is InChI=1S/C11H16F3N3/c1-7(2)3-4-9-16-6-8(5-15)10(17-9)11(12,13)14/h6-7H,3-5,15H2,1-2H3. The molecule has 0 spiro atoms. The first-order valence-corrected chi connectivity index (χ1v) is 5.46. The first kappa shape index (κ1) is 13.9. The molecule has 0 saturated heterocycles. The van der Waals surface area contributed by atoms with Crippen molar-refractivity contribution in [1.82, 2.24) is 9.97 Å². The third kappa shape index (κ3) is 3.96. The molecule has 6 heteroatoms. The number of hydrogen-bond donors (Lipinski definition) is 1. The molecule has 0 aliphatic heterocycles. The second kappa shape index (κ2) is 5.44. The van der Waals surface area contributed by atoms with Crippen molar-refractivity contribution >= 4 is 0 Å². The lowest BCUT2D eigenvalue weighted by Gasteiger charge is -2.12. The van der Waals surface area contributed by atoms with E-state index in [-0.39, 0.29) is 17.9 Å². The van der Waals surface area contributed by atoms with E-state index in [0.717, 1.165) is 6.42 Å². The molecule has 17 heavy (non-hydrogen) atoms. The molecule has 0 amide bonds. The fraction of sp³-hybridized carbons (Fsp3) is 0.636. The van der Waals surface area contributed by atoms with E-state index in [0.29, 0.717) is 12.3 Å². The highest BCUT2D eigenvalue weighted by Gasteiger charge is 2.35. The van der Waals surface area contributed by atoms with Gasteiger partial charge in [0.2, 0.25) is 0 Å². The molecule has 1 aromatic rings. The van der Waals surface area contributed by atoms with Crippen molar-refractivity contribution < 1.29 is 13.2 Å². The normalized spacial score (nSPS) is 12.2. The van der Waals surface area contributed by atoms with Gasteiger partial charge in [-0.15, -0.1) is 0 Å². The van der Waals surface area contributed by atoms with E-state index in [4.69, 9.17) is 5.73 Å². The monoisotopic (exact) mass is 247 g/mol. The van der Waals surface area contributed by atoms with Crippen LogP contribution >= 0.6 is 0 Å². The van der Waals surface area contributed by atoms with Crippen molar-refractivity contribution in [3.05, 3.63) is 23.3 Å². The summed E-state index contributed by atoms with van der Waals surface area (Å²) in [5.41, 5.74) is 4.27. The maximum absolute atomic E-state index is 12.7. The summed E-state index contributed by atoms with van der Waals surface area (Å²) in [5.74, 6) is 0.630. The van der Waals surface area contributed by atoms with Crippen LogP contribution in [0.1, 0.15) is 37.4 Å². The van der Waals surface area contributed by atoms with Crippen LogP contribution in [-0.4, -0.2) is 9.97 Å². The maximum atomic E-state index is 12.7. The Morgan fingerprint density at radius 1 is 1.35 bits per heavy atom. The van der Waals surface area contributed by atoms with Gasteiger partial charge < -0.3 is 5.73 Å². The molecule has 0 saturated carbocycles. The Morgan fingerprint density at radius 3 is 2.47 bits per heavy atom. The van der Waals surface area contributed by atoms with Gasteiger partial charge in [0.15, 0.2) is 5.69 Å². The number of nitrogens with two attached hydrogens (primary N) is 1. The molecule has 3 nitrogen and oxygen atoms in total. The first-order valence-electron chi connectivity index (χ1n) is 5.46. The van der Waals surface area contributed by atoms with E-state index in [1.165, 1.54) is 6.20 Å². The molecule has 0 aromatic carbocycles. The van der Waals surface area contributed by atoms with E-state index >= 15 is 0 Å². The van der Waals surface area contributed by atoms with Crippen LogP contribution in [0.5, 0.6) is 0 Å². The van der Waals surface area contributed by atoms with Gasteiger partial charge in [0.1, 0.15) is 5.82 Å². The van der Waals surface area contributed by atoms with E-state index < -0.39 is 11.9 Å². The molecule has 0 unspecified atom stereocenters. The van der Waals surface area contributed by atoms with Crippen LogP contribution in [0.15, 0.2) is 6.20 Å². The Kier molecular flexibility index (Phi) is 4.45. The van der Waals surface area contributed by atoms with Crippen LogP contribution in [0.4, 0.5) is 13.2 Å². The van der Waals surface area contributed by atoms with Gasteiger partial charge in [0.25, 0.3) is 0 Å². The summed E-state index contributed by atoms with van der Waals surface area (Å²) in [7, 11) is 0. The fourth-order valence-corrected chi connectivity index (χ4v) is 1.38. The van der Waals surface area contributed by atoms with Crippen molar-refractivity contribution in [1.29, 1.82) is 0 Å². The topological polar surface area (TPSA) is 51.8 Å². The van der Waals surface area contributed by atoms with Crippen molar-refractivity contribution in [3.63, 3.8) is 0 Å². The molecular weight excluding hydrogens is 231 g/mol. The smallest absolute Gasteiger partial charge is 0.326 e. The Morgan fingerprint density at radius 2 is 2.00 bits per heavy atom. The Labute approximate surface area is 98.3 Å². The van der Waals surface area contributed by atoms with E-state index in [1.807, 2.05) is 13.8 Å². The molecule has 0 radical (unpaired) electrons. The van der Waals surface area contributed by atoms with Crippen LogP contribution in [0.25, 0.3) is 0 Å².